The molecule has 0 radical (unpaired) electrons. The number of anilines is 2. The van der Waals surface area contributed by atoms with Crippen LogP contribution in [0.3, 0.4) is 0 Å². The summed E-state index contributed by atoms with van der Waals surface area (Å²) in [5.41, 5.74) is 1.70. The topological polar surface area (TPSA) is 67.4 Å². The molecule has 2 amide bonds. The van der Waals surface area contributed by atoms with Gasteiger partial charge in [0, 0.05) is 10.7 Å². The molecule has 5 nitrogen and oxygen atoms in total. The van der Waals surface area contributed by atoms with E-state index in [9.17, 15) is 9.59 Å². The first-order valence-corrected chi connectivity index (χ1v) is 8.57. The predicted octanol–water partition coefficient (Wildman–Crippen LogP) is 4.57. The summed E-state index contributed by atoms with van der Waals surface area (Å²) in [6.07, 6.45) is 0. The Balaban J connectivity index is 2.22. The van der Waals surface area contributed by atoms with Crippen LogP contribution in [-0.4, -0.2) is 18.9 Å². The number of aryl methyl sites for hydroxylation is 2. The molecule has 0 saturated carbocycles. The van der Waals surface area contributed by atoms with E-state index in [0.717, 1.165) is 16.8 Å². The number of carbonyl (C=O) groups is 2. The third-order valence-corrected chi connectivity index (χ3v) is 4.50. The number of para-hydroxylation sites is 1. The van der Waals surface area contributed by atoms with Crippen molar-refractivity contribution in [3.8, 4) is 5.75 Å². The van der Waals surface area contributed by atoms with Crippen molar-refractivity contribution >= 4 is 34.8 Å². The molecule has 0 aromatic heterocycles. The zero-order valence-electron chi connectivity index (χ0n) is 15.6. The number of benzene rings is 2. The molecule has 0 unspecified atom stereocenters. The maximum Gasteiger partial charge on any atom is 0.239 e. The van der Waals surface area contributed by atoms with Gasteiger partial charge in [-0.15, -0.1) is 0 Å². The van der Waals surface area contributed by atoms with E-state index in [4.69, 9.17) is 16.3 Å². The molecular weight excluding hydrogens is 352 g/mol. The average Bonchev–Trinajstić information content (AvgIpc) is 2.58. The van der Waals surface area contributed by atoms with E-state index in [1.54, 1.807) is 32.0 Å². The highest BCUT2D eigenvalue weighted by molar-refractivity contribution is 6.31. The van der Waals surface area contributed by atoms with Crippen molar-refractivity contribution in [1.82, 2.24) is 0 Å². The first-order valence-electron chi connectivity index (χ1n) is 8.19. The van der Waals surface area contributed by atoms with Crippen LogP contribution < -0.4 is 15.4 Å². The Kier molecular flexibility index (Phi) is 5.93. The fourth-order valence-electron chi connectivity index (χ4n) is 2.44. The minimum absolute atomic E-state index is 0.395. The molecule has 0 aliphatic rings. The molecule has 0 heterocycles. The van der Waals surface area contributed by atoms with Crippen molar-refractivity contribution in [2.45, 2.75) is 27.7 Å². The molecule has 2 aromatic carbocycles. The lowest BCUT2D eigenvalue weighted by Crippen LogP contribution is -2.41. The maximum absolute atomic E-state index is 12.8. The van der Waals surface area contributed by atoms with Crippen LogP contribution in [0.2, 0.25) is 5.02 Å². The molecule has 0 spiro atoms. The largest absolute Gasteiger partial charge is 0.495 e. The standard InChI is InChI=1S/C20H23ClN2O3/c1-12-7-6-8-13(2)17(12)23-19(25)20(3,4)18(24)22-15-11-14(21)9-10-16(15)26-5/h6-11H,1-5H3,(H,22,24)(H,23,25). The molecule has 0 atom stereocenters. The second-order valence-corrected chi connectivity index (χ2v) is 7.08. The van der Waals surface area contributed by atoms with Crippen LogP contribution in [-0.2, 0) is 9.59 Å². The van der Waals surface area contributed by atoms with E-state index in [1.807, 2.05) is 32.0 Å². The number of carbonyl (C=O) groups excluding carboxylic acids is 2. The summed E-state index contributed by atoms with van der Waals surface area (Å²) in [7, 11) is 1.50. The van der Waals surface area contributed by atoms with Gasteiger partial charge in [-0.1, -0.05) is 29.8 Å². The Morgan fingerprint density at radius 1 is 1.00 bits per heavy atom. The lowest BCUT2D eigenvalue weighted by Gasteiger charge is -2.24. The Bertz CT molecular complexity index is 827. The number of hydrogen-bond donors (Lipinski definition) is 2. The van der Waals surface area contributed by atoms with Gasteiger partial charge >= 0.3 is 0 Å². The number of methoxy groups -OCH3 is 1. The highest BCUT2D eigenvalue weighted by Crippen LogP contribution is 2.30. The molecule has 2 rings (SSSR count). The quantitative estimate of drug-likeness (QED) is 0.753. The van der Waals surface area contributed by atoms with E-state index in [-0.39, 0.29) is 0 Å². The van der Waals surface area contributed by atoms with Crippen LogP contribution in [0.25, 0.3) is 0 Å². The Morgan fingerprint density at radius 3 is 2.15 bits per heavy atom. The van der Waals surface area contributed by atoms with Gasteiger partial charge in [-0.3, -0.25) is 9.59 Å². The van der Waals surface area contributed by atoms with Crippen LogP contribution in [0.4, 0.5) is 11.4 Å². The Morgan fingerprint density at radius 2 is 1.58 bits per heavy atom. The van der Waals surface area contributed by atoms with E-state index in [1.165, 1.54) is 7.11 Å². The van der Waals surface area contributed by atoms with E-state index >= 15 is 0 Å². The van der Waals surface area contributed by atoms with Crippen LogP contribution in [0.1, 0.15) is 25.0 Å². The third-order valence-electron chi connectivity index (χ3n) is 4.26. The number of ether oxygens (including phenoxy) is 1. The van der Waals surface area contributed by atoms with E-state index in [2.05, 4.69) is 10.6 Å². The highest BCUT2D eigenvalue weighted by atomic mass is 35.5. The fraction of sp³-hybridized carbons (Fsp3) is 0.300. The number of hydrogen-bond acceptors (Lipinski definition) is 3. The normalized spacial score (nSPS) is 11.0. The van der Waals surface area contributed by atoms with Gasteiger partial charge < -0.3 is 15.4 Å². The van der Waals surface area contributed by atoms with Gasteiger partial charge in [-0.2, -0.15) is 0 Å². The summed E-state index contributed by atoms with van der Waals surface area (Å²) in [5.74, 6) is -0.385. The molecule has 0 aliphatic carbocycles. The molecule has 2 aromatic rings. The summed E-state index contributed by atoms with van der Waals surface area (Å²) < 4.78 is 5.23. The number of nitrogens with one attached hydrogen (secondary N) is 2. The van der Waals surface area contributed by atoms with Gasteiger partial charge in [0.05, 0.1) is 12.8 Å². The van der Waals surface area contributed by atoms with Crippen LogP contribution in [0.15, 0.2) is 36.4 Å². The minimum atomic E-state index is -1.30. The Hall–Kier alpha value is -2.53. The van der Waals surface area contributed by atoms with Crippen molar-refractivity contribution in [3.63, 3.8) is 0 Å². The highest BCUT2D eigenvalue weighted by Gasteiger charge is 2.37. The van der Waals surface area contributed by atoms with Gasteiger partial charge in [0.2, 0.25) is 11.8 Å². The molecule has 2 N–H and O–H groups in total. The molecule has 0 saturated heterocycles. The molecule has 0 aliphatic heterocycles. The summed E-state index contributed by atoms with van der Waals surface area (Å²) in [5, 5.41) is 6.05. The SMILES string of the molecule is COc1ccc(Cl)cc1NC(=O)C(C)(C)C(=O)Nc1c(C)cccc1C. The number of rotatable bonds is 5. The van der Waals surface area contributed by atoms with Gasteiger partial charge in [-0.05, 0) is 57.0 Å². The lowest BCUT2D eigenvalue weighted by molar-refractivity contribution is -0.135. The van der Waals surface area contributed by atoms with Crippen molar-refractivity contribution < 1.29 is 14.3 Å². The summed E-state index contributed by atoms with van der Waals surface area (Å²) in [4.78, 5) is 25.5. The van der Waals surface area contributed by atoms with E-state index in [0.29, 0.717) is 16.5 Å². The number of amides is 2. The van der Waals surface area contributed by atoms with Crippen LogP contribution in [0.5, 0.6) is 5.75 Å². The fourth-order valence-corrected chi connectivity index (χ4v) is 2.61. The van der Waals surface area contributed by atoms with Crippen molar-refractivity contribution in [3.05, 3.63) is 52.5 Å². The molecule has 0 fully saturated rings. The molecule has 6 heteroatoms. The number of halogens is 1. The predicted molar refractivity (Wildman–Crippen MR) is 105 cm³/mol. The summed E-state index contributed by atoms with van der Waals surface area (Å²) in [6, 6.07) is 10.6. The molecular formula is C20H23ClN2O3. The molecule has 138 valence electrons. The van der Waals surface area contributed by atoms with Crippen LogP contribution in [0, 0.1) is 19.3 Å². The van der Waals surface area contributed by atoms with E-state index < -0.39 is 17.2 Å². The average molecular weight is 375 g/mol. The second kappa shape index (κ2) is 7.79. The second-order valence-electron chi connectivity index (χ2n) is 6.64. The first kappa shape index (κ1) is 19.8. The lowest BCUT2D eigenvalue weighted by atomic mass is 9.90. The van der Waals surface area contributed by atoms with Crippen LogP contribution >= 0.6 is 11.6 Å². The van der Waals surface area contributed by atoms with Crippen molar-refractivity contribution in [1.29, 1.82) is 0 Å². The van der Waals surface area contributed by atoms with Gasteiger partial charge in [0.15, 0.2) is 0 Å². The maximum atomic E-state index is 12.8. The summed E-state index contributed by atoms with van der Waals surface area (Å²) in [6.45, 7) is 6.96. The Labute approximate surface area is 158 Å². The zero-order valence-corrected chi connectivity index (χ0v) is 16.3. The smallest absolute Gasteiger partial charge is 0.239 e. The molecule has 0 bridgehead atoms. The zero-order chi connectivity index (χ0) is 19.5. The van der Waals surface area contributed by atoms with Gasteiger partial charge in [0.25, 0.3) is 0 Å². The molecule has 26 heavy (non-hydrogen) atoms. The van der Waals surface area contributed by atoms with Gasteiger partial charge in [-0.25, -0.2) is 0 Å². The minimum Gasteiger partial charge on any atom is -0.495 e. The van der Waals surface area contributed by atoms with Crippen molar-refractivity contribution in [2.24, 2.45) is 5.41 Å². The summed E-state index contributed by atoms with van der Waals surface area (Å²) >= 11 is 5.99. The first-order chi connectivity index (χ1) is 12.2. The van der Waals surface area contributed by atoms with Crippen molar-refractivity contribution in [2.75, 3.05) is 17.7 Å². The third kappa shape index (κ3) is 4.17. The monoisotopic (exact) mass is 374 g/mol. The van der Waals surface area contributed by atoms with Gasteiger partial charge in [0.1, 0.15) is 11.2 Å².